The number of thiocarbonyl (C=S) groups is 1. The minimum absolute atomic E-state index is 0.0562. The number of aryl methyl sites for hydroxylation is 2. The maximum absolute atomic E-state index is 13.8. The average molecular weight is 556 g/mol. The van der Waals surface area contributed by atoms with Crippen LogP contribution >= 0.6 is 12.2 Å². The van der Waals surface area contributed by atoms with Crippen molar-refractivity contribution in [2.75, 3.05) is 15.5 Å². The predicted molar refractivity (Wildman–Crippen MR) is 152 cm³/mol. The van der Waals surface area contributed by atoms with E-state index in [0.717, 1.165) is 5.56 Å². The number of para-hydroxylation sites is 1. The Hall–Kier alpha value is -4.90. The Morgan fingerprint density at radius 3 is 2.30 bits per heavy atom. The first-order valence-electron chi connectivity index (χ1n) is 12.6. The summed E-state index contributed by atoms with van der Waals surface area (Å²) in [6, 6.07) is 24.2. The minimum atomic E-state index is -0.898. The van der Waals surface area contributed by atoms with E-state index >= 15 is 0 Å². The van der Waals surface area contributed by atoms with Gasteiger partial charge in [-0.1, -0.05) is 54.1 Å². The van der Waals surface area contributed by atoms with Crippen molar-refractivity contribution in [2.24, 2.45) is 7.05 Å². The molecule has 3 amide bonds. The van der Waals surface area contributed by atoms with Gasteiger partial charge in [-0.15, -0.1) is 0 Å². The summed E-state index contributed by atoms with van der Waals surface area (Å²) in [5, 5.41) is 9.78. The Bertz CT molecular complexity index is 1560. The smallest absolute Gasteiger partial charge is 0.307 e. The fraction of sp³-hybridized carbons (Fsp3) is 0.172. The first-order valence-corrected chi connectivity index (χ1v) is 13.0. The number of amides is 3. The first-order chi connectivity index (χ1) is 19.3. The van der Waals surface area contributed by atoms with Gasteiger partial charge in [-0.2, -0.15) is 0 Å². The molecule has 2 heterocycles. The zero-order chi connectivity index (χ0) is 28.2. The van der Waals surface area contributed by atoms with Crippen LogP contribution < -0.4 is 20.2 Å². The van der Waals surface area contributed by atoms with E-state index in [4.69, 9.17) is 16.7 Å². The van der Waals surface area contributed by atoms with Gasteiger partial charge >= 0.3 is 5.88 Å². The molecule has 1 unspecified atom stereocenters. The van der Waals surface area contributed by atoms with Gasteiger partial charge in [-0.3, -0.25) is 29.1 Å². The van der Waals surface area contributed by atoms with Crippen LogP contribution in [0.3, 0.4) is 0 Å². The molecule has 0 aliphatic carbocycles. The molecular weight excluding hydrogens is 528 g/mol. The summed E-state index contributed by atoms with van der Waals surface area (Å²) in [6.07, 6.45) is -0.142. The van der Waals surface area contributed by atoms with Crippen molar-refractivity contribution in [3.63, 3.8) is 0 Å². The molecule has 5 rings (SSSR count). The van der Waals surface area contributed by atoms with E-state index in [1.807, 2.05) is 55.5 Å². The summed E-state index contributed by atoms with van der Waals surface area (Å²) in [6.45, 7) is 2.01. The lowest BCUT2D eigenvalue weighted by atomic mass is 10.1. The number of hydrogen-bond acceptors (Lipinski definition) is 6. The van der Waals surface area contributed by atoms with Crippen LogP contribution in [0.4, 0.5) is 17.3 Å². The molecule has 202 valence electrons. The second kappa shape index (κ2) is 11.5. The zero-order valence-corrected chi connectivity index (χ0v) is 22.7. The summed E-state index contributed by atoms with van der Waals surface area (Å²) in [5.74, 6) is -0.923. The third kappa shape index (κ3) is 5.59. The summed E-state index contributed by atoms with van der Waals surface area (Å²) in [7, 11) is 1.66. The van der Waals surface area contributed by atoms with E-state index in [9.17, 15) is 14.4 Å². The second-order valence-electron chi connectivity index (χ2n) is 9.35. The second-order valence-corrected chi connectivity index (χ2v) is 9.71. The lowest BCUT2D eigenvalue weighted by Gasteiger charge is -2.22. The summed E-state index contributed by atoms with van der Waals surface area (Å²) >= 11 is 5.79. The molecule has 1 fully saturated rings. The zero-order valence-electron chi connectivity index (χ0n) is 21.9. The van der Waals surface area contributed by atoms with E-state index in [1.54, 1.807) is 48.3 Å². The standard InChI is InChI=1S/C29H26N6O4S/c1-19-13-15-22(16-14-19)35-28(38)23(17-25(36)30-21-11-7-4-8-12-21)34(29(35)40)18-24-27(39-32-33(24)2)31-26(37)20-9-5-3-6-10-20/h3-16,23H,17-18H2,1-2H3,(H-,30,31,32,36,37)/p+1. The van der Waals surface area contributed by atoms with Gasteiger partial charge in [0.15, 0.2) is 12.2 Å². The molecule has 0 bridgehead atoms. The lowest BCUT2D eigenvalue weighted by molar-refractivity contribution is -0.746. The van der Waals surface area contributed by atoms with E-state index < -0.39 is 6.04 Å². The van der Waals surface area contributed by atoms with Crippen LogP contribution in [-0.4, -0.2) is 39.0 Å². The molecule has 11 heteroatoms. The van der Waals surface area contributed by atoms with Crippen molar-refractivity contribution < 1.29 is 23.6 Å². The highest BCUT2D eigenvalue weighted by atomic mass is 32.1. The van der Waals surface area contributed by atoms with Crippen molar-refractivity contribution in [1.82, 2.24) is 10.2 Å². The number of carbonyl (C=O) groups is 3. The van der Waals surface area contributed by atoms with Gasteiger partial charge in [0.2, 0.25) is 11.2 Å². The molecule has 1 atom stereocenters. The highest BCUT2D eigenvalue weighted by Crippen LogP contribution is 2.30. The molecular formula is C29H27N6O4S+. The van der Waals surface area contributed by atoms with Crippen LogP contribution in [0, 0.1) is 6.92 Å². The molecule has 10 nitrogen and oxygen atoms in total. The monoisotopic (exact) mass is 555 g/mol. The number of benzene rings is 3. The Kier molecular flexibility index (Phi) is 7.65. The fourth-order valence-electron chi connectivity index (χ4n) is 4.40. The van der Waals surface area contributed by atoms with Crippen LogP contribution in [0.2, 0.25) is 0 Å². The topological polar surface area (TPSA) is 112 Å². The number of nitrogens with one attached hydrogen (secondary N) is 2. The highest BCUT2D eigenvalue weighted by Gasteiger charge is 2.46. The van der Waals surface area contributed by atoms with Gasteiger partial charge in [0.1, 0.15) is 12.6 Å². The van der Waals surface area contributed by atoms with Gasteiger partial charge in [0, 0.05) is 11.3 Å². The lowest BCUT2D eigenvalue weighted by Crippen LogP contribution is -2.43. The Balaban J connectivity index is 1.43. The molecule has 0 saturated carbocycles. The average Bonchev–Trinajstić information content (AvgIpc) is 3.41. The number of carbonyl (C=O) groups excluding carboxylic acids is 3. The van der Waals surface area contributed by atoms with E-state index in [2.05, 4.69) is 15.9 Å². The molecule has 1 aliphatic heterocycles. The third-order valence-corrected chi connectivity index (χ3v) is 6.95. The first kappa shape index (κ1) is 26.7. The van der Waals surface area contributed by atoms with Gasteiger partial charge in [-0.05, 0) is 60.2 Å². The van der Waals surface area contributed by atoms with Crippen molar-refractivity contribution in [3.8, 4) is 0 Å². The van der Waals surface area contributed by atoms with Gasteiger partial charge in [0.05, 0.1) is 12.1 Å². The molecule has 40 heavy (non-hydrogen) atoms. The van der Waals surface area contributed by atoms with Crippen LogP contribution in [0.5, 0.6) is 0 Å². The predicted octanol–water partition coefficient (Wildman–Crippen LogP) is 3.59. The largest absolute Gasteiger partial charge is 0.326 e. The normalized spacial score (nSPS) is 14.9. The van der Waals surface area contributed by atoms with Crippen LogP contribution in [0.1, 0.15) is 28.0 Å². The molecule has 3 aromatic carbocycles. The number of anilines is 3. The summed E-state index contributed by atoms with van der Waals surface area (Å²) < 4.78 is 6.87. The van der Waals surface area contributed by atoms with Gasteiger partial charge in [-0.25, -0.2) is 0 Å². The maximum Gasteiger partial charge on any atom is 0.307 e. The number of nitrogens with zero attached hydrogens (tertiary/aromatic N) is 4. The van der Waals surface area contributed by atoms with Gasteiger partial charge in [0.25, 0.3) is 17.5 Å². The van der Waals surface area contributed by atoms with Crippen molar-refractivity contribution >= 4 is 52.3 Å². The molecule has 2 N–H and O–H groups in total. The Morgan fingerprint density at radius 1 is 0.975 bits per heavy atom. The van der Waals surface area contributed by atoms with E-state index in [0.29, 0.717) is 22.6 Å². The molecule has 1 aliphatic rings. The third-order valence-electron chi connectivity index (χ3n) is 6.54. The number of hydrogen-bond donors (Lipinski definition) is 2. The van der Waals surface area contributed by atoms with Crippen LogP contribution in [0.25, 0.3) is 0 Å². The van der Waals surface area contributed by atoms with E-state index in [1.165, 1.54) is 9.58 Å². The van der Waals surface area contributed by atoms with Crippen LogP contribution in [-0.2, 0) is 23.2 Å². The Morgan fingerprint density at radius 2 is 1.62 bits per heavy atom. The van der Waals surface area contributed by atoms with Crippen molar-refractivity contribution in [1.29, 1.82) is 0 Å². The maximum atomic E-state index is 13.8. The molecule has 1 aromatic heterocycles. The molecule has 0 radical (unpaired) electrons. The van der Waals surface area contributed by atoms with E-state index in [-0.39, 0.29) is 41.7 Å². The summed E-state index contributed by atoms with van der Waals surface area (Å²) in [4.78, 5) is 42.7. The molecule has 0 spiro atoms. The van der Waals surface area contributed by atoms with Crippen LogP contribution in [0.15, 0.2) is 89.5 Å². The minimum Gasteiger partial charge on any atom is -0.326 e. The quantitative estimate of drug-likeness (QED) is 0.253. The molecule has 1 saturated heterocycles. The number of aromatic nitrogens is 2. The SMILES string of the molecule is Cc1ccc(N2C(=O)C(CC(=O)Nc3ccccc3)N(Cc3c(NC(=O)c4ccccc4)on[n+]3C)C2=S)cc1. The molecule has 4 aromatic rings. The Labute approximate surface area is 236 Å². The van der Waals surface area contributed by atoms with Crippen molar-refractivity contribution in [3.05, 3.63) is 102 Å². The number of rotatable bonds is 8. The van der Waals surface area contributed by atoms with Gasteiger partial charge < -0.3 is 10.2 Å². The fourth-order valence-corrected chi connectivity index (χ4v) is 4.79. The summed E-state index contributed by atoms with van der Waals surface area (Å²) in [5.41, 5.74) is 3.17. The van der Waals surface area contributed by atoms with Crippen molar-refractivity contribution in [2.45, 2.75) is 25.9 Å². The highest BCUT2D eigenvalue weighted by molar-refractivity contribution is 7.80.